The van der Waals surface area contributed by atoms with Crippen molar-refractivity contribution in [3.63, 3.8) is 0 Å². The minimum absolute atomic E-state index is 0.124. The molecule has 0 radical (unpaired) electrons. The average Bonchev–Trinajstić information content (AvgIpc) is 3.44. The fourth-order valence-electron chi connectivity index (χ4n) is 4.18. The highest BCUT2D eigenvalue weighted by Gasteiger charge is 2.38. The Bertz CT molecular complexity index is 874. The maximum atomic E-state index is 12.5. The van der Waals surface area contributed by atoms with E-state index < -0.39 is 12.1 Å². The van der Waals surface area contributed by atoms with Crippen LogP contribution in [0.15, 0.2) is 10.8 Å². The summed E-state index contributed by atoms with van der Waals surface area (Å²) < 4.78 is 5.18. The molecular formula is C19H25N5O4. The van der Waals surface area contributed by atoms with E-state index in [1.54, 1.807) is 0 Å². The molecular weight excluding hydrogens is 362 g/mol. The Labute approximate surface area is 162 Å². The lowest BCUT2D eigenvalue weighted by Crippen LogP contribution is -2.40. The quantitative estimate of drug-likeness (QED) is 0.575. The zero-order chi connectivity index (χ0) is 19.7. The van der Waals surface area contributed by atoms with Crippen LogP contribution < -0.4 is 10.6 Å². The van der Waals surface area contributed by atoms with Gasteiger partial charge in [0.15, 0.2) is 12.1 Å². The average molecular weight is 387 g/mol. The molecule has 3 atom stereocenters. The number of aliphatic hydroxyl groups is 1. The number of nitrogens with one attached hydrogen (secondary N) is 3. The number of aliphatic hydroxyl groups excluding tert-OH is 1. The molecule has 2 aromatic rings. The van der Waals surface area contributed by atoms with Crippen molar-refractivity contribution in [2.75, 3.05) is 0 Å². The number of carbonyl (C=O) groups is 2. The molecule has 1 fully saturated rings. The van der Waals surface area contributed by atoms with E-state index in [2.05, 4.69) is 25.8 Å². The molecule has 0 bridgehead atoms. The van der Waals surface area contributed by atoms with Crippen LogP contribution in [0.3, 0.4) is 0 Å². The lowest BCUT2D eigenvalue weighted by Gasteiger charge is -2.15. The zero-order valence-electron chi connectivity index (χ0n) is 15.8. The molecule has 150 valence electrons. The third-order valence-electron chi connectivity index (χ3n) is 5.72. The van der Waals surface area contributed by atoms with Crippen LogP contribution in [0.25, 0.3) is 0 Å². The van der Waals surface area contributed by atoms with Crippen molar-refractivity contribution in [2.45, 2.75) is 64.1 Å². The van der Waals surface area contributed by atoms with Gasteiger partial charge in [-0.1, -0.05) is 6.92 Å². The number of amides is 2. The topological polar surface area (TPSA) is 133 Å². The highest BCUT2D eigenvalue weighted by atomic mass is 16.3. The fraction of sp³-hybridized carbons (Fsp3) is 0.579. The molecule has 28 heavy (non-hydrogen) atoms. The van der Waals surface area contributed by atoms with E-state index >= 15 is 0 Å². The van der Waals surface area contributed by atoms with Crippen LogP contribution in [0, 0.1) is 5.92 Å². The number of rotatable bonds is 6. The fourth-order valence-corrected chi connectivity index (χ4v) is 4.18. The second-order valence-electron chi connectivity index (χ2n) is 7.49. The molecule has 2 amide bonds. The summed E-state index contributed by atoms with van der Waals surface area (Å²) in [4.78, 5) is 28.9. The molecule has 0 unspecified atom stereocenters. The van der Waals surface area contributed by atoms with Gasteiger partial charge in [-0.25, -0.2) is 4.98 Å². The van der Waals surface area contributed by atoms with Gasteiger partial charge < -0.3 is 20.2 Å². The molecule has 2 heterocycles. The molecule has 4 rings (SSSR count). The van der Waals surface area contributed by atoms with Gasteiger partial charge in [0.05, 0.1) is 24.4 Å². The zero-order valence-corrected chi connectivity index (χ0v) is 15.8. The van der Waals surface area contributed by atoms with Gasteiger partial charge in [-0.3, -0.25) is 14.7 Å². The first kappa shape index (κ1) is 18.7. The van der Waals surface area contributed by atoms with Gasteiger partial charge >= 0.3 is 0 Å². The molecule has 0 aliphatic heterocycles. The van der Waals surface area contributed by atoms with E-state index in [1.807, 2.05) is 6.92 Å². The van der Waals surface area contributed by atoms with Crippen molar-refractivity contribution < 1.29 is 19.1 Å². The van der Waals surface area contributed by atoms with Crippen molar-refractivity contribution in [3.8, 4) is 0 Å². The first-order valence-corrected chi connectivity index (χ1v) is 9.80. The van der Waals surface area contributed by atoms with E-state index in [9.17, 15) is 14.7 Å². The Morgan fingerprint density at radius 2 is 2.21 bits per heavy atom. The summed E-state index contributed by atoms with van der Waals surface area (Å²) in [6, 6.07) is -0.487. The minimum Gasteiger partial charge on any atom is -0.448 e. The van der Waals surface area contributed by atoms with E-state index in [0.717, 1.165) is 25.0 Å². The van der Waals surface area contributed by atoms with Gasteiger partial charge in [-0.2, -0.15) is 5.10 Å². The number of oxazole rings is 1. The van der Waals surface area contributed by atoms with Gasteiger partial charge in [0.1, 0.15) is 5.76 Å². The molecule has 0 saturated heterocycles. The summed E-state index contributed by atoms with van der Waals surface area (Å²) >= 11 is 0. The largest absolute Gasteiger partial charge is 0.448 e. The van der Waals surface area contributed by atoms with Crippen molar-refractivity contribution in [1.29, 1.82) is 0 Å². The monoisotopic (exact) mass is 387 g/mol. The van der Waals surface area contributed by atoms with Crippen LogP contribution in [0.5, 0.6) is 0 Å². The molecule has 4 N–H and O–H groups in total. The minimum atomic E-state index is -0.772. The second kappa shape index (κ2) is 7.75. The van der Waals surface area contributed by atoms with Crippen molar-refractivity contribution in [2.24, 2.45) is 5.92 Å². The van der Waals surface area contributed by atoms with E-state index in [-0.39, 0.29) is 23.4 Å². The molecule has 2 aliphatic rings. The first-order chi connectivity index (χ1) is 13.6. The summed E-state index contributed by atoms with van der Waals surface area (Å²) in [7, 11) is 0. The third-order valence-corrected chi connectivity index (χ3v) is 5.72. The van der Waals surface area contributed by atoms with Gasteiger partial charge in [0.2, 0.25) is 5.91 Å². The van der Waals surface area contributed by atoms with Gasteiger partial charge in [0, 0.05) is 18.0 Å². The van der Waals surface area contributed by atoms with E-state index in [1.165, 1.54) is 17.7 Å². The molecule has 2 aromatic heterocycles. The van der Waals surface area contributed by atoms with Gasteiger partial charge in [0.25, 0.3) is 5.91 Å². The molecule has 1 saturated carbocycles. The van der Waals surface area contributed by atoms with Crippen LogP contribution in [-0.4, -0.2) is 44.2 Å². The Morgan fingerprint density at radius 1 is 1.36 bits per heavy atom. The molecule has 9 heteroatoms. The normalized spacial score (nSPS) is 23.6. The number of carbonyl (C=O) groups excluding carboxylic acids is 2. The van der Waals surface area contributed by atoms with Crippen LogP contribution in [0.2, 0.25) is 0 Å². The molecule has 2 aliphatic carbocycles. The van der Waals surface area contributed by atoms with Crippen LogP contribution >= 0.6 is 0 Å². The number of aromatic nitrogens is 3. The Hall–Kier alpha value is -2.68. The lowest BCUT2D eigenvalue weighted by atomic mass is 10.1. The number of H-pyrrole nitrogens is 1. The van der Waals surface area contributed by atoms with Gasteiger partial charge in [-0.05, 0) is 37.7 Å². The van der Waals surface area contributed by atoms with Crippen LogP contribution in [0.4, 0.5) is 0 Å². The Balaban J connectivity index is 1.31. The summed E-state index contributed by atoms with van der Waals surface area (Å²) in [5.74, 6) is -0.356. The predicted molar refractivity (Wildman–Crippen MR) is 98.3 cm³/mol. The van der Waals surface area contributed by atoms with Crippen LogP contribution in [-0.2, 0) is 30.6 Å². The van der Waals surface area contributed by atoms with E-state index in [0.29, 0.717) is 31.6 Å². The number of hydrogen-bond donors (Lipinski definition) is 4. The second-order valence-corrected chi connectivity index (χ2v) is 7.49. The third kappa shape index (κ3) is 3.54. The van der Waals surface area contributed by atoms with Crippen molar-refractivity contribution >= 4 is 11.8 Å². The predicted octanol–water partition coefficient (Wildman–Crippen LogP) is 0.634. The SMILES string of the molecule is CCc1ocnc1C(=O)N[C@@H]1C[C@H](C(=O)NCc2n[nH]c3c2CCC3)C[C@H]1O. The number of hydrogen-bond acceptors (Lipinski definition) is 6. The maximum absolute atomic E-state index is 12.5. The van der Waals surface area contributed by atoms with E-state index in [4.69, 9.17) is 4.42 Å². The number of nitrogens with zero attached hydrogens (tertiary/aromatic N) is 2. The summed E-state index contributed by atoms with van der Waals surface area (Å²) in [6.07, 6.45) is 4.84. The summed E-state index contributed by atoms with van der Waals surface area (Å²) in [5.41, 5.74) is 3.51. The Morgan fingerprint density at radius 3 is 3.04 bits per heavy atom. The first-order valence-electron chi connectivity index (χ1n) is 9.80. The number of aryl methyl sites for hydroxylation is 2. The highest BCUT2D eigenvalue weighted by molar-refractivity contribution is 5.93. The summed E-state index contributed by atoms with van der Waals surface area (Å²) in [5, 5.41) is 23.3. The highest BCUT2D eigenvalue weighted by Crippen LogP contribution is 2.27. The van der Waals surface area contributed by atoms with Crippen molar-refractivity contribution in [3.05, 3.63) is 34.8 Å². The smallest absolute Gasteiger partial charge is 0.273 e. The maximum Gasteiger partial charge on any atom is 0.273 e. The van der Waals surface area contributed by atoms with Gasteiger partial charge in [-0.15, -0.1) is 0 Å². The molecule has 9 nitrogen and oxygen atoms in total. The molecule has 0 spiro atoms. The Kier molecular flexibility index (Phi) is 5.17. The standard InChI is InChI=1S/C19H25N5O4/c1-2-16-17(21-9-28-16)19(27)22-13-6-10(7-15(13)25)18(26)20-8-14-11-4-3-5-12(11)23-24-14/h9-10,13,15,25H,2-8H2,1H3,(H,20,26)(H,22,27)(H,23,24)/t10-,13+,15+/m0/s1. The van der Waals surface area contributed by atoms with Crippen molar-refractivity contribution in [1.82, 2.24) is 25.8 Å². The lowest BCUT2D eigenvalue weighted by molar-refractivity contribution is -0.125. The number of aromatic amines is 1. The summed E-state index contributed by atoms with van der Waals surface area (Å²) in [6.45, 7) is 2.25. The molecule has 0 aromatic carbocycles. The van der Waals surface area contributed by atoms with Crippen LogP contribution in [0.1, 0.15) is 59.4 Å². The number of fused-ring (bicyclic) bond motifs is 1.